The maximum Gasteiger partial charge on any atom is 0.338 e. The Kier molecular flexibility index (Phi) is 5.72. The van der Waals surface area contributed by atoms with E-state index < -0.39 is 5.97 Å². The summed E-state index contributed by atoms with van der Waals surface area (Å²) in [5.41, 5.74) is 1.73. The average molecular weight is 348 g/mol. The molecular weight excluding hydrogens is 324 g/mol. The number of aromatic nitrogens is 2. The molecule has 130 valence electrons. The third-order valence-electron chi connectivity index (χ3n) is 3.31. The molecule has 24 heavy (non-hydrogen) atoms. The van der Waals surface area contributed by atoms with Crippen LogP contribution in [0.25, 0.3) is 0 Å². The molecule has 0 saturated heterocycles. The van der Waals surface area contributed by atoms with Gasteiger partial charge >= 0.3 is 5.97 Å². The third-order valence-corrected chi connectivity index (χ3v) is 4.50. The lowest BCUT2D eigenvalue weighted by molar-refractivity contribution is -0.139. The number of carbonyl (C=O) groups excluding carboxylic acids is 1. The minimum atomic E-state index is -0.436. The van der Waals surface area contributed by atoms with Crippen molar-refractivity contribution in [3.05, 3.63) is 35.5 Å². The van der Waals surface area contributed by atoms with Crippen molar-refractivity contribution in [3.8, 4) is 5.88 Å². The molecule has 0 atom stereocenters. The number of benzene rings is 1. The maximum atomic E-state index is 12.0. The Morgan fingerprint density at radius 1 is 1.21 bits per heavy atom. The lowest BCUT2D eigenvalue weighted by Gasteiger charge is -2.22. The van der Waals surface area contributed by atoms with Crippen LogP contribution in [0, 0.1) is 13.8 Å². The number of nitrogens with zero attached hydrogens (tertiary/aromatic N) is 2. The number of ether oxygens (including phenoxy) is 2. The number of esters is 1. The van der Waals surface area contributed by atoms with E-state index >= 15 is 0 Å². The molecule has 0 aliphatic heterocycles. The van der Waals surface area contributed by atoms with Gasteiger partial charge in [0.15, 0.2) is 0 Å². The Morgan fingerprint density at radius 3 is 2.38 bits per heavy atom. The summed E-state index contributed by atoms with van der Waals surface area (Å²) in [7, 11) is 1.47. The van der Waals surface area contributed by atoms with Gasteiger partial charge in [-0.2, -0.15) is 5.10 Å². The van der Waals surface area contributed by atoms with Gasteiger partial charge in [0.1, 0.15) is 6.61 Å². The van der Waals surface area contributed by atoms with Gasteiger partial charge in [0, 0.05) is 12.0 Å². The molecule has 0 N–H and O–H groups in total. The van der Waals surface area contributed by atoms with Gasteiger partial charge in [0.2, 0.25) is 5.88 Å². The van der Waals surface area contributed by atoms with Gasteiger partial charge < -0.3 is 9.47 Å². The molecule has 0 aliphatic carbocycles. The number of aryl methyl sites for hydroxylation is 2. The Hall–Kier alpha value is -1.79. The zero-order valence-corrected chi connectivity index (χ0v) is 15.9. The van der Waals surface area contributed by atoms with E-state index in [1.165, 1.54) is 12.7 Å². The number of hydrogen-bond donors (Lipinski definition) is 0. The average Bonchev–Trinajstić information content (AvgIpc) is 2.79. The highest BCUT2D eigenvalue weighted by Gasteiger charge is 2.27. The van der Waals surface area contributed by atoms with Crippen LogP contribution in [-0.2, 0) is 15.1 Å². The Balaban J connectivity index is 2.43. The van der Waals surface area contributed by atoms with Crippen LogP contribution in [0.4, 0.5) is 0 Å². The predicted octanol–water partition coefficient (Wildman–Crippen LogP) is 3.96. The normalized spacial score (nSPS) is 11.6. The first-order valence-electron chi connectivity index (χ1n) is 7.76. The summed E-state index contributed by atoms with van der Waals surface area (Å²) < 4.78 is 12.2. The minimum Gasteiger partial charge on any atom is -0.405 e. The van der Waals surface area contributed by atoms with E-state index in [-0.39, 0.29) is 12.1 Å². The Morgan fingerprint density at radius 2 is 1.83 bits per heavy atom. The minimum absolute atomic E-state index is 0.0942. The van der Waals surface area contributed by atoms with Gasteiger partial charge in [-0.1, -0.05) is 29.5 Å². The molecule has 2 rings (SSSR count). The van der Waals surface area contributed by atoms with Gasteiger partial charge in [-0.3, -0.25) is 0 Å². The second-order valence-electron chi connectivity index (χ2n) is 6.62. The molecule has 0 saturated carbocycles. The van der Waals surface area contributed by atoms with E-state index in [4.69, 9.17) is 9.47 Å². The van der Waals surface area contributed by atoms with Gasteiger partial charge in [-0.25, -0.2) is 9.48 Å². The van der Waals surface area contributed by atoms with Crippen molar-refractivity contribution in [2.75, 3.05) is 13.7 Å². The van der Waals surface area contributed by atoms with Crippen LogP contribution in [0.15, 0.2) is 34.1 Å². The van der Waals surface area contributed by atoms with Crippen LogP contribution >= 0.6 is 11.8 Å². The van der Waals surface area contributed by atoms with Crippen LogP contribution in [0.2, 0.25) is 0 Å². The second kappa shape index (κ2) is 7.40. The van der Waals surface area contributed by atoms with E-state index in [1.807, 2.05) is 27.7 Å². The fraction of sp³-hybridized carbons (Fsp3) is 0.444. The topological polar surface area (TPSA) is 53.4 Å². The highest BCUT2D eigenvalue weighted by molar-refractivity contribution is 7.99. The van der Waals surface area contributed by atoms with Crippen molar-refractivity contribution < 1.29 is 14.3 Å². The molecular formula is C18H24N2O3S. The fourth-order valence-electron chi connectivity index (χ4n) is 2.13. The first-order chi connectivity index (χ1) is 11.2. The van der Waals surface area contributed by atoms with Crippen LogP contribution in [0.1, 0.15) is 32.0 Å². The van der Waals surface area contributed by atoms with Crippen LogP contribution in [0.3, 0.4) is 0 Å². The van der Waals surface area contributed by atoms with E-state index in [0.717, 1.165) is 15.5 Å². The van der Waals surface area contributed by atoms with Crippen molar-refractivity contribution in [3.63, 3.8) is 0 Å². The largest absolute Gasteiger partial charge is 0.405 e. The summed E-state index contributed by atoms with van der Waals surface area (Å²) in [6.45, 7) is 9.94. The van der Waals surface area contributed by atoms with Gasteiger partial charge in [0.05, 0.1) is 16.1 Å². The fourth-order valence-corrected chi connectivity index (χ4v) is 3.04. The summed E-state index contributed by atoms with van der Waals surface area (Å²) in [5, 5.41) is 4.59. The molecule has 0 radical (unpaired) electrons. The summed E-state index contributed by atoms with van der Waals surface area (Å²) in [5.74, 6) is 0.0290. The summed E-state index contributed by atoms with van der Waals surface area (Å²) >= 11 is 1.55. The van der Waals surface area contributed by atoms with Crippen molar-refractivity contribution in [1.82, 2.24) is 9.78 Å². The molecule has 0 aliphatic rings. The smallest absolute Gasteiger partial charge is 0.338 e. The predicted molar refractivity (Wildman–Crippen MR) is 94.8 cm³/mol. The Bertz CT molecular complexity index is 715. The molecule has 6 heteroatoms. The Labute approximate surface area is 147 Å². The molecule has 0 bridgehead atoms. The highest BCUT2D eigenvalue weighted by Crippen LogP contribution is 2.40. The van der Waals surface area contributed by atoms with Gasteiger partial charge in [0.25, 0.3) is 0 Å². The molecule has 2 aromatic rings. The monoisotopic (exact) mass is 348 g/mol. The molecule has 1 aromatic carbocycles. The van der Waals surface area contributed by atoms with Crippen LogP contribution in [0.5, 0.6) is 5.88 Å². The molecule has 5 nitrogen and oxygen atoms in total. The van der Waals surface area contributed by atoms with E-state index in [1.54, 1.807) is 16.4 Å². The number of methoxy groups -OCH3 is 1. The maximum absolute atomic E-state index is 12.0. The zero-order valence-electron chi connectivity index (χ0n) is 15.0. The van der Waals surface area contributed by atoms with Crippen molar-refractivity contribution >= 4 is 17.7 Å². The standard InChI is InChI=1S/C18H24N2O3S/c1-12-7-9-14(10-8-12)24-16-13(2)19-20(18(3,4)5)17(16)23-15(21)11-22-6/h7-10H,11H2,1-6H3. The highest BCUT2D eigenvalue weighted by atomic mass is 32.2. The number of rotatable bonds is 5. The van der Waals surface area contributed by atoms with Crippen LogP contribution < -0.4 is 4.74 Å². The van der Waals surface area contributed by atoms with Crippen LogP contribution in [-0.4, -0.2) is 29.5 Å². The van der Waals surface area contributed by atoms with Crippen molar-refractivity contribution in [2.45, 2.75) is 49.9 Å². The molecule has 1 aromatic heterocycles. The number of hydrogen-bond acceptors (Lipinski definition) is 5. The van der Waals surface area contributed by atoms with Crippen molar-refractivity contribution in [1.29, 1.82) is 0 Å². The SMILES string of the molecule is COCC(=O)Oc1c(Sc2ccc(C)cc2)c(C)nn1C(C)(C)C. The summed E-state index contributed by atoms with van der Waals surface area (Å²) in [6, 6.07) is 8.22. The lowest BCUT2D eigenvalue weighted by Crippen LogP contribution is -2.26. The molecule has 0 amide bonds. The second-order valence-corrected chi connectivity index (χ2v) is 7.71. The summed E-state index contributed by atoms with van der Waals surface area (Å²) in [4.78, 5) is 13.9. The van der Waals surface area contributed by atoms with Crippen molar-refractivity contribution in [2.24, 2.45) is 0 Å². The van der Waals surface area contributed by atoms with Gasteiger partial charge in [-0.05, 0) is 46.8 Å². The first kappa shape index (κ1) is 18.5. The molecule has 0 unspecified atom stereocenters. The molecule has 0 spiro atoms. The van der Waals surface area contributed by atoms with E-state index in [9.17, 15) is 4.79 Å². The number of carbonyl (C=O) groups is 1. The third kappa shape index (κ3) is 4.39. The van der Waals surface area contributed by atoms with Gasteiger partial charge in [-0.15, -0.1) is 0 Å². The summed E-state index contributed by atoms with van der Waals surface area (Å²) in [6.07, 6.45) is 0. The van der Waals surface area contributed by atoms with E-state index in [0.29, 0.717) is 5.88 Å². The quantitative estimate of drug-likeness (QED) is 0.766. The van der Waals surface area contributed by atoms with E-state index in [2.05, 4.69) is 36.3 Å². The zero-order chi connectivity index (χ0) is 17.9. The molecule has 0 fully saturated rings. The molecule has 1 heterocycles. The first-order valence-corrected chi connectivity index (χ1v) is 8.58. The lowest BCUT2D eigenvalue weighted by atomic mass is 10.1.